The lowest BCUT2D eigenvalue weighted by molar-refractivity contribution is 0.00845. The normalized spacial score (nSPS) is 51.0. The van der Waals surface area contributed by atoms with Crippen LogP contribution in [0.1, 0.15) is 58.3 Å². The van der Waals surface area contributed by atoms with Gasteiger partial charge in [0.25, 0.3) is 0 Å². The van der Waals surface area contributed by atoms with Crippen molar-refractivity contribution >= 4 is 0 Å². The maximum Gasteiger partial charge on any atom is 0.0723 e. The topological polar surface area (TPSA) is 20.2 Å². The van der Waals surface area contributed by atoms with E-state index in [1.54, 1.807) is 11.1 Å². The Hall–Kier alpha value is -0.560. The Bertz CT molecular complexity index is 462. The van der Waals surface area contributed by atoms with Gasteiger partial charge >= 0.3 is 0 Å². The van der Waals surface area contributed by atoms with Crippen molar-refractivity contribution in [3.63, 3.8) is 0 Å². The van der Waals surface area contributed by atoms with Crippen LogP contribution in [-0.4, -0.2) is 11.2 Å². The fourth-order valence-corrected chi connectivity index (χ4v) is 6.22. The lowest BCUT2D eigenvalue weighted by Gasteiger charge is -2.53. The van der Waals surface area contributed by atoms with E-state index in [9.17, 15) is 5.11 Å². The van der Waals surface area contributed by atoms with E-state index in [1.807, 2.05) is 0 Å². The maximum absolute atomic E-state index is 9.88. The Morgan fingerprint density at radius 1 is 1.10 bits per heavy atom. The van der Waals surface area contributed by atoms with Crippen LogP contribution in [-0.2, 0) is 0 Å². The summed E-state index contributed by atoms with van der Waals surface area (Å²) in [5.74, 6) is 3.55. The van der Waals surface area contributed by atoms with Crippen LogP contribution in [0.5, 0.6) is 0 Å². The van der Waals surface area contributed by atoms with Crippen molar-refractivity contribution in [1.29, 1.82) is 0 Å². The highest BCUT2D eigenvalue weighted by Gasteiger charge is 2.53. The first-order valence-corrected chi connectivity index (χ1v) is 8.66. The molecule has 0 aromatic carbocycles. The second-order valence-electron chi connectivity index (χ2n) is 8.06. The van der Waals surface area contributed by atoms with Gasteiger partial charge in [0.2, 0.25) is 0 Å². The summed E-state index contributed by atoms with van der Waals surface area (Å²) in [5, 5.41) is 9.88. The van der Waals surface area contributed by atoms with E-state index in [-0.39, 0.29) is 6.10 Å². The smallest absolute Gasteiger partial charge is 0.0723 e. The van der Waals surface area contributed by atoms with Crippen LogP contribution in [0, 0.1) is 29.1 Å². The van der Waals surface area contributed by atoms with Crippen LogP contribution >= 0.6 is 0 Å². The Morgan fingerprint density at radius 2 is 1.95 bits per heavy atom. The monoisotopic (exact) mass is 272 g/mol. The Balaban J connectivity index is 1.63. The van der Waals surface area contributed by atoms with Crippen molar-refractivity contribution in [2.75, 3.05) is 0 Å². The molecule has 0 saturated heterocycles. The molecule has 0 spiro atoms. The van der Waals surface area contributed by atoms with Crippen LogP contribution in [0.3, 0.4) is 0 Å². The molecule has 1 N–H and O–H groups in total. The molecule has 110 valence electrons. The van der Waals surface area contributed by atoms with E-state index in [4.69, 9.17) is 0 Å². The zero-order chi connectivity index (χ0) is 13.9. The van der Waals surface area contributed by atoms with Gasteiger partial charge in [0.15, 0.2) is 0 Å². The van der Waals surface area contributed by atoms with Crippen molar-refractivity contribution in [3.8, 4) is 0 Å². The van der Waals surface area contributed by atoms with Crippen LogP contribution in [0.15, 0.2) is 23.8 Å². The zero-order valence-corrected chi connectivity index (χ0v) is 12.8. The first kappa shape index (κ1) is 13.1. The molecule has 6 atom stereocenters. The average molecular weight is 272 g/mol. The van der Waals surface area contributed by atoms with Gasteiger partial charge in [0.05, 0.1) is 6.10 Å². The molecule has 0 bridgehead atoms. The summed E-state index contributed by atoms with van der Waals surface area (Å²) in [4.78, 5) is 0. The molecule has 4 aliphatic rings. The number of aliphatic hydroxyl groups is 1. The third-order valence-corrected chi connectivity index (χ3v) is 7.39. The highest BCUT2D eigenvalue weighted by molar-refractivity contribution is 5.24. The predicted octanol–water partition coefficient (Wildman–Crippen LogP) is 4.48. The number of rotatable bonds is 0. The number of fused-ring (bicyclic) bond motifs is 5. The fraction of sp³-hybridized carbons (Fsp3) is 0.789. The largest absolute Gasteiger partial charge is 0.389 e. The molecular formula is C19H28O. The second kappa shape index (κ2) is 4.47. The number of hydrogen-bond acceptors (Lipinski definition) is 1. The third kappa shape index (κ3) is 1.71. The number of hydrogen-bond donors (Lipinski definition) is 1. The minimum Gasteiger partial charge on any atom is -0.389 e. The van der Waals surface area contributed by atoms with Gasteiger partial charge in [-0.25, -0.2) is 0 Å². The highest BCUT2D eigenvalue weighted by Crippen LogP contribution is 2.63. The summed E-state index contributed by atoms with van der Waals surface area (Å²) in [5.41, 5.74) is 3.60. The Labute approximate surface area is 123 Å². The molecule has 0 aliphatic heterocycles. The Kier molecular flexibility index (Phi) is 2.93. The molecule has 1 unspecified atom stereocenters. The quantitative estimate of drug-likeness (QED) is 0.645. The molecule has 3 saturated carbocycles. The van der Waals surface area contributed by atoms with Crippen molar-refractivity contribution in [2.24, 2.45) is 29.1 Å². The van der Waals surface area contributed by atoms with Gasteiger partial charge in [0.1, 0.15) is 0 Å². The summed E-state index contributed by atoms with van der Waals surface area (Å²) in [7, 11) is 0. The first-order chi connectivity index (χ1) is 9.59. The van der Waals surface area contributed by atoms with Gasteiger partial charge in [0, 0.05) is 0 Å². The molecule has 1 heteroatoms. The van der Waals surface area contributed by atoms with Crippen molar-refractivity contribution < 1.29 is 5.11 Å². The van der Waals surface area contributed by atoms with E-state index >= 15 is 0 Å². The van der Waals surface area contributed by atoms with Crippen molar-refractivity contribution in [3.05, 3.63) is 23.8 Å². The molecule has 0 radical (unpaired) electrons. The Morgan fingerprint density at radius 3 is 2.80 bits per heavy atom. The molecule has 0 heterocycles. The van der Waals surface area contributed by atoms with E-state index in [1.165, 1.54) is 44.9 Å². The van der Waals surface area contributed by atoms with Gasteiger partial charge < -0.3 is 5.11 Å². The SMILES string of the molecule is C=C1CC[C@H]2[C@@H]3CCC4=CC(O)CC[C@@H]4[C@H]3CC[C@]12C. The molecular weight excluding hydrogens is 244 g/mol. The van der Waals surface area contributed by atoms with Gasteiger partial charge in [-0.3, -0.25) is 0 Å². The van der Waals surface area contributed by atoms with Crippen LogP contribution in [0.25, 0.3) is 0 Å². The summed E-state index contributed by atoms with van der Waals surface area (Å²) in [6.07, 6.45) is 12.3. The van der Waals surface area contributed by atoms with Gasteiger partial charge in [-0.05, 0) is 80.5 Å². The van der Waals surface area contributed by atoms with Crippen LogP contribution < -0.4 is 0 Å². The fourth-order valence-electron chi connectivity index (χ4n) is 6.22. The second-order valence-corrected chi connectivity index (χ2v) is 8.06. The van der Waals surface area contributed by atoms with Crippen molar-refractivity contribution in [1.82, 2.24) is 0 Å². The predicted molar refractivity (Wildman–Crippen MR) is 82.2 cm³/mol. The molecule has 4 aliphatic carbocycles. The van der Waals surface area contributed by atoms with Gasteiger partial charge in [-0.2, -0.15) is 0 Å². The standard InChI is InChI=1S/C19H28O/c1-12-3-8-18-17-6-4-13-11-14(20)5-7-15(13)16(17)9-10-19(12,18)2/h11,14-18,20H,1,3-10H2,2H3/t14?,15-,16+,17+,18-,19+/m0/s1. The minimum atomic E-state index is -0.155. The molecule has 0 aromatic heterocycles. The first-order valence-electron chi connectivity index (χ1n) is 8.66. The summed E-state index contributed by atoms with van der Waals surface area (Å²) < 4.78 is 0. The van der Waals surface area contributed by atoms with E-state index in [2.05, 4.69) is 19.6 Å². The molecule has 0 aromatic rings. The highest BCUT2D eigenvalue weighted by atomic mass is 16.3. The zero-order valence-electron chi connectivity index (χ0n) is 12.8. The number of aliphatic hydroxyl groups excluding tert-OH is 1. The van der Waals surface area contributed by atoms with E-state index in [0.29, 0.717) is 5.41 Å². The molecule has 20 heavy (non-hydrogen) atoms. The number of allylic oxidation sites excluding steroid dienone is 2. The summed E-state index contributed by atoms with van der Waals surface area (Å²) in [6.45, 7) is 6.89. The third-order valence-electron chi connectivity index (χ3n) is 7.39. The lowest BCUT2D eigenvalue weighted by atomic mass is 9.52. The molecule has 3 fully saturated rings. The van der Waals surface area contributed by atoms with Crippen molar-refractivity contribution in [2.45, 2.75) is 64.4 Å². The average Bonchev–Trinajstić information content (AvgIpc) is 2.74. The lowest BCUT2D eigenvalue weighted by Crippen LogP contribution is -2.45. The van der Waals surface area contributed by atoms with E-state index < -0.39 is 0 Å². The molecule has 0 amide bonds. The van der Waals surface area contributed by atoms with Crippen LogP contribution in [0.2, 0.25) is 0 Å². The van der Waals surface area contributed by atoms with Gasteiger partial charge in [-0.15, -0.1) is 0 Å². The molecule has 4 rings (SSSR count). The maximum atomic E-state index is 9.88. The molecule has 1 nitrogen and oxygen atoms in total. The summed E-state index contributed by atoms with van der Waals surface area (Å²) in [6, 6.07) is 0. The summed E-state index contributed by atoms with van der Waals surface area (Å²) >= 11 is 0. The minimum absolute atomic E-state index is 0.155. The van der Waals surface area contributed by atoms with Crippen LogP contribution in [0.4, 0.5) is 0 Å². The van der Waals surface area contributed by atoms with Gasteiger partial charge in [-0.1, -0.05) is 30.7 Å². The van der Waals surface area contributed by atoms with E-state index in [0.717, 1.165) is 30.1 Å².